The highest BCUT2D eigenvalue weighted by Gasteiger charge is 2.47. The van der Waals surface area contributed by atoms with Gasteiger partial charge in [-0.05, 0) is 38.4 Å². The van der Waals surface area contributed by atoms with E-state index >= 15 is 0 Å². The van der Waals surface area contributed by atoms with Gasteiger partial charge in [-0.15, -0.1) is 0 Å². The fraction of sp³-hybridized carbons (Fsp3) is 0.500. The molecule has 7 nitrogen and oxygen atoms in total. The molecule has 25 heavy (non-hydrogen) atoms. The summed E-state index contributed by atoms with van der Waals surface area (Å²) in [5, 5.41) is 8.46. The molecule has 1 fully saturated rings. The maximum atomic E-state index is 12.7. The summed E-state index contributed by atoms with van der Waals surface area (Å²) < 4.78 is 0. The zero-order valence-corrected chi connectivity index (χ0v) is 14.5. The maximum Gasteiger partial charge on any atom is 0.255 e. The third kappa shape index (κ3) is 3.66. The Labute approximate surface area is 147 Å². The molecular weight excluding hydrogens is 320 g/mol. The van der Waals surface area contributed by atoms with E-state index in [-0.39, 0.29) is 36.3 Å². The zero-order chi connectivity index (χ0) is 18.0. The molecule has 1 aromatic carbocycles. The number of nitrogens with one attached hydrogen (secondary N) is 3. The summed E-state index contributed by atoms with van der Waals surface area (Å²) in [5.41, 5.74) is 1.31. The Morgan fingerprint density at radius 1 is 1.24 bits per heavy atom. The first kappa shape index (κ1) is 17.4. The molecule has 1 aliphatic carbocycles. The summed E-state index contributed by atoms with van der Waals surface area (Å²) in [6.07, 6.45) is 1.85. The van der Waals surface area contributed by atoms with E-state index in [0.29, 0.717) is 12.1 Å². The van der Waals surface area contributed by atoms with E-state index in [2.05, 4.69) is 16.0 Å². The number of rotatable bonds is 7. The van der Waals surface area contributed by atoms with Crippen LogP contribution in [-0.2, 0) is 9.59 Å². The molecule has 0 radical (unpaired) electrons. The topological polar surface area (TPSA) is 90.5 Å². The van der Waals surface area contributed by atoms with Gasteiger partial charge in [-0.1, -0.05) is 18.2 Å². The molecule has 0 aromatic heterocycles. The summed E-state index contributed by atoms with van der Waals surface area (Å²) in [6, 6.07) is 6.85. The largest absolute Gasteiger partial charge is 0.353 e. The number of amides is 3. The van der Waals surface area contributed by atoms with Crippen LogP contribution in [0.1, 0.15) is 41.7 Å². The van der Waals surface area contributed by atoms with E-state index in [1.807, 2.05) is 26.1 Å². The van der Waals surface area contributed by atoms with Gasteiger partial charge in [-0.2, -0.15) is 0 Å². The summed E-state index contributed by atoms with van der Waals surface area (Å²) in [7, 11) is 1.82. The van der Waals surface area contributed by atoms with Crippen LogP contribution < -0.4 is 16.0 Å². The van der Waals surface area contributed by atoms with Gasteiger partial charge in [0.05, 0.1) is 6.54 Å². The van der Waals surface area contributed by atoms with Crippen LogP contribution in [0.4, 0.5) is 0 Å². The monoisotopic (exact) mass is 344 g/mol. The lowest BCUT2D eigenvalue weighted by atomic mass is 10.0. The van der Waals surface area contributed by atoms with E-state index in [1.54, 1.807) is 17.0 Å². The molecule has 2 unspecified atom stereocenters. The minimum atomic E-state index is -0.639. The van der Waals surface area contributed by atoms with Crippen molar-refractivity contribution in [3.63, 3.8) is 0 Å². The van der Waals surface area contributed by atoms with Gasteiger partial charge in [0.1, 0.15) is 6.04 Å². The van der Waals surface area contributed by atoms with Gasteiger partial charge in [-0.25, -0.2) is 0 Å². The van der Waals surface area contributed by atoms with Gasteiger partial charge in [0, 0.05) is 24.2 Å². The third-order valence-electron chi connectivity index (χ3n) is 4.71. The van der Waals surface area contributed by atoms with E-state index in [0.717, 1.165) is 18.4 Å². The molecule has 1 saturated carbocycles. The molecule has 1 heterocycles. The van der Waals surface area contributed by atoms with Crippen LogP contribution in [0.5, 0.6) is 0 Å². The number of nitrogens with zero attached hydrogens (tertiary/aromatic N) is 1. The summed E-state index contributed by atoms with van der Waals surface area (Å²) >= 11 is 0. The van der Waals surface area contributed by atoms with Crippen LogP contribution in [0.25, 0.3) is 0 Å². The summed E-state index contributed by atoms with van der Waals surface area (Å²) in [6.45, 7) is 2.35. The molecule has 0 spiro atoms. The van der Waals surface area contributed by atoms with Gasteiger partial charge < -0.3 is 20.9 Å². The second kappa shape index (κ2) is 7.23. The van der Waals surface area contributed by atoms with Crippen molar-refractivity contribution in [3.05, 3.63) is 35.4 Å². The van der Waals surface area contributed by atoms with Gasteiger partial charge in [-0.3, -0.25) is 14.4 Å². The molecule has 2 atom stereocenters. The molecule has 3 N–H and O–H groups in total. The molecule has 3 rings (SSSR count). The molecule has 1 aromatic rings. The Kier molecular flexibility index (Phi) is 5.03. The quantitative estimate of drug-likeness (QED) is 0.658. The van der Waals surface area contributed by atoms with Crippen molar-refractivity contribution in [2.45, 2.75) is 37.9 Å². The maximum absolute atomic E-state index is 12.7. The minimum Gasteiger partial charge on any atom is -0.353 e. The third-order valence-corrected chi connectivity index (χ3v) is 4.71. The van der Waals surface area contributed by atoms with E-state index in [1.165, 1.54) is 0 Å². The molecule has 7 heteroatoms. The van der Waals surface area contributed by atoms with Crippen molar-refractivity contribution in [1.82, 2.24) is 20.9 Å². The predicted octanol–water partition coefficient (Wildman–Crippen LogP) is 0.186. The molecule has 0 saturated heterocycles. The molecule has 0 bridgehead atoms. The van der Waals surface area contributed by atoms with Crippen molar-refractivity contribution in [3.8, 4) is 0 Å². The second-order valence-electron chi connectivity index (χ2n) is 6.64. The van der Waals surface area contributed by atoms with Crippen molar-refractivity contribution < 1.29 is 14.4 Å². The standard InChI is InChI=1S/C18H24N4O3/c1-11(19-2)9-20-15(23)10-21-17(24)16-13-5-3-4-6-14(13)18(25)22(16)12-7-8-12/h3-6,11-12,16,19H,7-10H2,1-2H3,(H,20,23)(H,21,24). The average molecular weight is 344 g/mol. The first-order valence-corrected chi connectivity index (χ1v) is 8.66. The van der Waals surface area contributed by atoms with Crippen molar-refractivity contribution >= 4 is 17.7 Å². The van der Waals surface area contributed by atoms with Crippen molar-refractivity contribution in [2.75, 3.05) is 20.1 Å². The lowest BCUT2D eigenvalue weighted by molar-refractivity contribution is -0.129. The summed E-state index contributed by atoms with van der Waals surface area (Å²) in [5.74, 6) is -0.640. The first-order valence-electron chi connectivity index (χ1n) is 8.66. The molecular formula is C18H24N4O3. The first-order chi connectivity index (χ1) is 12.0. The van der Waals surface area contributed by atoms with Gasteiger partial charge in [0.15, 0.2) is 0 Å². The van der Waals surface area contributed by atoms with E-state index < -0.39 is 6.04 Å². The smallest absolute Gasteiger partial charge is 0.255 e. The highest BCUT2D eigenvalue weighted by atomic mass is 16.2. The average Bonchev–Trinajstić information content (AvgIpc) is 3.42. The van der Waals surface area contributed by atoms with Crippen LogP contribution in [0, 0.1) is 0 Å². The Morgan fingerprint density at radius 2 is 1.96 bits per heavy atom. The highest BCUT2D eigenvalue weighted by molar-refractivity contribution is 6.05. The Bertz CT molecular complexity index is 687. The van der Waals surface area contributed by atoms with Crippen LogP contribution in [0.15, 0.2) is 24.3 Å². The summed E-state index contributed by atoms with van der Waals surface area (Å²) in [4.78, 5) is 38.9. The number of hydrogen-bond acceptors (Lipinski definition) is 4. The van der Waals surface area contributed by atoms with Crippen LogP contribution >= 0.6 is 0 Å². The number of carbonyl (C=O) groups excluding carboxylic acids is 3. The molecule has 1 aliphatic heterocycles. The second-order valence-corrected chi connectivity index (χ2v) is 6.64. The van der Waals surface area contributed by atoms with Crippen molar-refractivity contribution in [2.24, 2.45) is 0 Å². The predicted molar refractivity (Wildman–Crippen MR) is 92.9 cm³/mol. The minimum absolute atomic E-state index is 0.0921. The van der Waals surface area contributed by atoms with E-state index in [4.69, 9.17) is 0 Å². The highest BCUT2D eigenvalue weighted by Crippen LogP contribution is 2.41. The Morgan fingerprint density at radius 3 is 2.64 bits per heavy atom. The normalized spacial score (nSPS) is 20.2. The Hall–Kier alpha value is -2.41. The number of fused-ring (bicyclic) bond motifs is 1. The fourth-order valence-electron chi connectivity index (χ4n) is 3.03. The molecule has 134 valence electrons. The van der Waals surface area contributed by atoms with Gasteiger partial charge >= 0.3 is 0 Å². The fourth-order valence-corrected chi connectivity index (χ4v) is 3.03. The van der Waals surface area contributed by atoms with Crippen LogP contribution in [-0.4, -0.2) is 54.8 Å². The Balaban J connectivity index is 1.64. The number of likely N-dealkylation sites (N-methyl/N-ethyl adjacent to an activating group) is 1. The zero-order valence-electron chi connectivity index (χ0n) is 14.5. The SMILES string of the molecule is CNC(C)CNC(=O)CNC(=O)C1c2ccccc2C(=O)N1C1CC1. The number of benzene rings is 1. The van der Waals surface area contributed by atoms with Gasteiger partial charge in [0.2, 0.25) is 11.8 Å². The number of hydrogen-bond donors (Lipinski definition) is 3. The van der Waals surface area contributed by atoms with Crippen molar-refractivity contribution in [1.29, 1.82) is 0 Å². The lowest BCUT2D eigenvalue weighted by Crippen LogP contribution is -2.45. The molecule has 2 aliphatic rings. The molecule has 3 amide bonds. The van der Waals surface area contributed by atoms with E-state index in [9.17, 15) is 14.4 Å². The lowest BCUT2D eigenvalue weighted by Gasteiger charge is -2.24. The van der Waals surface area contributed by atoms with Crippen LogP contribution in [0.2, 0.25) is 0 Å². The van der Waals surface area contributed by atoms with Crippen LogP contribution in [0.3, 0.4) is 0 Å². The van der Waals surface area contributed by atoms with Gasteiger partial charge in [0.25, 0.3) is 5.91 Å². The number of carbonyl (C=O) groups is 3.